The number of hydrogen-bond acceptors (Lipinski definition) is 6. The van der Waals surface area contributed by atoms with Crippen LogP contribution in [0.5, 0.6) is 0 Å². The molecule has 0 radical (unpaired) electrons. The highest BCUT2D eigenvalue weighted by atomic mass is 16.6. The fourth-order valence-corrected chi connectivity index (χ4v) is 2.15. The fourth-order valence-electron chi connectivity index (χ4n) is 2.15. The molecule has 1 aliphatic rings. The summed E-state index contributed by atoms with van der Waals surface area (Å²) >= 11 is 0. The Labute approximate surface area is 124 Å². The summed E-state index contributed by atoms with van der Waals surface area (Å²) in [5.41, 5.74) is -1.48. The molecule has 0 atom stereocenters. The van der Waals surface area contributed by atoms with Crippen LogP contribution in [0.2, 0.25) is 0 Å². The van der Waals surface area contributed by atoms with Crippen LogP contribution in [-0.4, -0.2) is 39.4 Å². The van der Waals surface area contributed by atoms with Gasteiger partial charge in [-0.05, 0) is 26.0 Å². The van der Waals surface area contributed by atoms with Gasteiger partial charge in [0.2, 0.25) is 0 Å². The topological polar surface area (TPSA) is 71.1 Å². The first kappa shape index (κ1) is 17.1. The first-order valence-corrected chi connectivity index (χ1v) is 6.86. The Balaban J connectivity index is 3.26. The zero-order valence-electron chi connectivity index (χ0n) is 12.9. The van der Waals surface area contributed by atoms with Crippen LogP contribution in [0.15, 0.2) is 23.7 Å². The number of hydrogen-bond donors (Lipinski definition) is 0. The maximum atomic E-state index is 12.4. The molecule has 1 aliphatic carbocycles. The van der Waals surface area contributed by atoms with Crippen LogP contribution in [0.1, 0.15) is 26.7 Å². The van der Waals surface area contributed by atoms with Crippen LogP contribution in [0, 0.1) is 5.41 Å². The van der Waals surface area contributed by atoms with E-state index in [9.17, 15) is 9.59 Å². The highest BCUT2D eigenvalue weighted by Crippen LogP contribution is 2.39. The van der Waals surface area contributed by atoms with E-state index in [0.29, 0.717) is 11.5 Å². The Morgan fingerprint density at radius 1 is 0.952 bits per heavy atom. The van der Waals surface area contributed by atoms with Crippen LogP contribution in [0.3, 0.4) is 0 Å². The summed E-state index contributed by atoms with van der Waals surface area (Å²) in [5, 5.41) is 0. The average Bonchev–Trinajstić information content (AvgIpc) is 2.68. The highest BCUT2D eigenvalue weighted by molar-refractivity contribution is 6.00. The van der Waals surface area contributed by atoms with E-state index < -0.39 is 17.4 Å². The second-order valence-electron chi connectivity index (χ2n) is 4.55. The highest BCUT2D eigenvalue weighted by Gasteiger charge is 2.51. The number of ether oxygens (including phenoxy) is 4. The van der Waals surface area contributed by atoms with Gasteiger partial charge in [0.15, 0.2) is 5.41 Å². The van der Waals surface area contributed by atoms with E-state index >= 15 is 0 Å². The summed E-state index contributed by atoms with van der Waals surface area (Å²) in [6.45, 7) is 3.73. The Bertz CT molecular complexity index is 407. The van der Waals surface area contributed by atoms with Gasteiger partial charge in [-0.1, -0.05) is 0 Å². The van der Waals surface area contributed by atoms with Crippen LogP contribution in [-0.2, 0) is 28.5 Å². The summed E-state index contributed by atoms with van der Waals surface area (Å²) in [6.07, 6.45) is 3.51. The van der Waals surface area contributed by atoms with Crippen molar-refractivity contribution in [1.82, 2.24) is 0 Å². The molecule has 0 unspecified atom stereocenters. The lowest BCUT2D eigenvalue weighted by atomic mass is 9.80. The molecule has 6 nitrogen and oxygen atoms in total. The van der Waals surface area contributed by atoms with Crippen molar-refractivity contribution >= 4 is 11.9 Å². The molecule has 1 rings (SSSR count). The number of methoxy groups -OCH3 is 2. The van der Waals surface area contributed by atoms with Gasteiger partial charge in [-0.2, -0.15) is 0 Å². The molecule has 6 heteroatoms. The predicted molar refractivity (Wildman–Crippen MR) is 75.1 cm³/mol. The number of esters is 2. The molecule has 0 fully saturated rings. The number of rotatable bonds is 6. The fraction of sp³-hybridized carbons (Fsp3) is 0.600. The van der Waals surface area contributed by atoms with Gasteiger partial charge in [0.1, 0.15) is 0 Å². The molecule has 0 aromatic heterocycles. The normalized spacial score (nSPS) is 17.0. The summed E-state index contributed by atoms with van der Waals surface area (Å²) in [4.78, 5) is 24.8. The van der Waals surface area contributed by atoms with E-state index in [1.165, 1.54) is 14.2 Å². The molecule has 0 aliphatic heterocycles. The van der Waals surface area contributed by atoms with E-state index in [-0.39, 0.29) is 26.1 Å². The third-order valence-corrected chi connectivity index (χ3v) is 3.26. The van der Waals surface area contributed by atoms with E-state index in [1.54, 1.807) is 26.0 Å². The zero-order valence-corrected chi connectivity index (χ0v) is 12.9. The molecule has 0 N–H and O–H groups in total. The van der Waals surface area contributed by atoms with E-state index in [1.807, 2.05) is 0 Å². The summed E-state index contributed by atoms with van der Waals surface area (Å²) < 4.78 is 20.6. The smallest absolute Gasteiger partial charge is 0.324 e. The summed E-state index contributed by atoms with van der Waals surface area (Å²) in [7, 11) is 2.97. The standard InChI is InChI=1S/C15H22O6/c1-5-20-13(16)15(14(17)21-6-2)9-11(18-3)7-8-12(10-15)19-4/h7-8H,5-6,9-10H2,1-4H3. The molecule has 0 bridgehead atoms. The van der Waals surface area contributed by atoms with Crippen molar-refractivity contribution in [3.63, 3.8) is 0 Å². The van der Waals surface area contributed by atoms with Gasteiger partial charge in [0, 0.05) is 12.8 Å². The third kappa shape index (κ3) is 3.77. The molecule has 0 aromatic carbocycles. The van der Waals surface area contributed by atoms with Crippen LogP contribution in [0.4, 0.5) is 0 Å². The largest absolute Gasteiger partial charge is 0.501 e. The first-order chi connectivity index (χ1) is 10.0. The van der Waals surface area contributed by atoms with Crippen LogP contribution >= 0.6 is 0 Å². The molecule has 118 valence electrons. The first-order valence-electron chi connectivity index (χ1n) is 6.86. The Hall–Kier alpha value is -1.98. The molecular formula is C15H22O6. The minimum Gasteiger partial charge on any atom is -0.501 e. The SMILES string of the molecule is CCOC(=O)C1(C(=O)OCC)CC(OC)=CC=C(OC)C1. The molecule has 0 saturated heterocycles. The van der Waals surface area contributed by atoms with Crippen molar-refractivity contribution in [2.45, 2.75) is 26.7 Å². The minimum absolute atomic E-state index is 0.0739. The lowest BCUT2D eigenvalue weighted by Crippen LogP contribution is -2.43. The molecule has 0 aromatic rings. The Kier molecular flexibility index (Phi) is 6.27. The molecule has 21 heavy (non-hydrogen) atoms. The van der Waals surface area contributed by atoms with Gasteiger partial charge < -0.3 is 18.9 Å². The van der Waals surface area contributed by atoms with Gasteiger partial charge in [-0.15, -0.1) is 0 Å². The molecule has 0 saturated carbocycles. The maximum Gasteiger partial charge on any atom is 0.324 e. The Morgan fingerprint density at radius 2 is 1.33 bits per heavy atom. The van der Waals surface area contributed by atoms with E-state index in [4.69, 9.17) is 18.9 Å². The number of carbonyl (C=O) groups excluding carboxylic acids is 2. The van der Waals surface area contributed by atoms with Gasteiger partial charge in [0.25, 0.3) is 0 Å². The lowest BCUT2D eigenvalue weighted by Gasteiger charge is -2.28. The lowest BCUT2D eigenvalue weighted by molar-refractivity contribution is -0.173. The minimum atomic E-state index is -1.48. The number of carbonyl (C=O) groups is 2. The number of allylic oxidation sites excluding steroid dienone is 4. The quantitative estimate of drug-likeness (QED) is 0.551. The maximum absolute atomic E-state index is 12.4. The van der Waals surface area contributed by atoms with Crippen LogP contribution in [0.25, 0.3) is 0 Å². The van der Waals surface area contributed by atoms with E-state index in [0.717, 1.165) is 0 Å². The van der Waals surface area contributed by atoms with Gasteiger partial charge >= 0.3 is 11.9 Å². The molecular weight excluding hydrogens is 276 g/mol. The predicted octanol–water partition coefficient (Wildman–Crippen LogP) is 1.95. The van der Waals surface area contributed by atoms with Crippen molar-refractivity contribution in [3.8, 4) is 0 Å². The third-order valence-electron chi connectivity index (χ3n) is 3.26. The molecule has 0 spiro atoms. The second-order valence-corrected chi connectivity index (χ2v) is 4.55. The second kappa shape index (κ2) is 7.71. The van der Waals surface area contributed by atoms with Gasteiger partial charge in [0.05, 0.1) is 39.0 Å². The van der Waals surface area contributed by atoms with Gasteiger partial charge in [-0.3, -0.25) is 9.59 Å². The average molecular weight is 298 g/mol. The monoisotopic (exact) mass is 298 g/mol. The van der Waals surface area contributed by atoms with Crippen molar-refractivity contribution in [2.24, 2.45) is 5.41 Å². The van der Waals surface area contributed by atoms with Crippen molar-refractivity contribution in [3.05, 3.63) is 23.7 Å². The van der Waals surface area contributed by atoms with Crippen molar-refractivity contribution in [2.75, 3.05) is 27.4 Å². The Morgan fingerprint density at radius 3 is 1.62 bits per heavy atom. The summed E-state index contributed by atoms with van der Waals surface area (Å²) in [5.74, 6) is -0.279. The van der Waals surface area contributed by atoms with Crippen molar-refractivity contribution < 1.29 is 28.5 Å². The molecule has 0 amide bonds. The molecule has 0 heterocycles. The summed E-state index contributed by atoms with van der Waals surface area (Å²) in [6, 6.07) is 0. The van der Waals surface area contributed by atoms with Crippen LogP contribution < -0.4 is 0 Å². The van der Waals surface area contributed by atoms with Crippen molar-refractivity contribution in [1.29, 1.82) is 0 Å². The zero-order chi connectivity index (χ0) is 15.9. The van der Waals surface area contributed by atoms with E-state index in [2.05, 4.69) is 0 Å². The van der Waals surface area contributed by atoms with Gasteiger partial charge in [-0.25, -0.2) is 0 Å².